The zero-order valence-electron chi connectivity index (χ0n) is 14.9. The van der Waals surface area contributed by atoms with Gasteiger partial charge in [0, 0.05) is 28.4 Å². The Balaban J connectivity index is 1.48. The number of rotatable bonds is 3. The van der Waals surface area contributed by atoms with Gasteiger partial charge in [-0.3, -0.25) is 9.69 Å². The van der Waals surface area contributed by atoms with Crippen LogP contribution in [0, 0.1) is 0 Å². The van der Waals surface area contributed by atoms with E-state index < -0.39 is 0 Å². The number of nitrogens with one attached hydrogen (secondary N) is 1. The summed E-state index contributed by atoms with van der Waals surface area (Å²) in [7, 11) is 0. The van der Waals surface area contributed by atoms with E-state index in [4.69, 9.17) is 4.98 Å². The van der Waals surface area contributed by atoms with Crippen molar-refractivity contribution >= 4 is 32.9 Å². The Bertz CT molecular complexity index is 1160. The third kappa shape index (κ3) is 2.94. The summed E-state index contributed by atoms with van der Waals surface area (Å²) in [5.41, 5.74) is 3.39. The van der Waals surface area contributed by atoms with Crippen molar-refractivity contribution in [2.75, 3.05) is 6.54 Å². The van der Waals surface area contributed by atoms with E-state index in [2.05, 4.69) is 28.3 Å². The highest BCUT2D eigenvalue weighted by Crippen LogP contribution is 2.34. The third-order valence-corrected chi connectivity index (χ3v) is 7.20. The van der Waals surface area contributed by atoms with Crippen LogP contribution < -0.4 is 5.56 Å². The van der Waals surface area contributed by atoms with Crippen LogP contribution >= 0.6 is 22.7 Å². The Hall–Kier alpha value is -2.28. The van der Waals surface area contributed by atoms with Gasteiger partial charge >= 0.3 is 0 Å². The number of hydrogen-bond donors (Lipinski definition) is 1. The van der Waals surface area contributed by atoms with Crippen molar-refractivity contribution in [2.45, 2.75) is 25.9 Å². The normalized spacial score (nSPS) is 17.3. The van der Waals surface area contributed by atoms with Crippen LogP contribution in [0.1, 0.15) is 29.2 Å². The van der Waals surface area contributed by atoms with E-state index in [0.29, 0.717) is 18.0 Å². The third-order valence-electron chi connectivity index (χ3n) is 5.33. The monoisotopic (exact) mass is 393 g/mol. The average Bonchev–Trinajstić information content (AvgIpc) is 3.32. The molecular formula is C21H19N3OS2. The molecule has 27 heavy (non-hydrogen) atoms. The Morgan fingerprint density at radius 3 is 2.93 bits per heavy atom. The maximum atomic E-state index is 12.8. The Morgan fingerprint density at radius 1 is 1.22 bits per heavy atom. The van der Waals surface area contributed by atoms with Crippen LogP contribution in [-0.4, -0.2) is 21.4 Å². The topological polar surface area (TPSA) is 49.0 Å². The summed E-state index contributed by atoms with van der Waals surface area (Å²) in [6.07, 6.45) is 1.07. The number of fused-ring (bicyclic) bond motifs is 2. The molecule has 136 valence electrons. The second-order valence-corrected chi connectivity index (χ2v) is 8.76. The molecule has 1 N–H and O–H groups in total. The number of H-pyrrole nitrogens is 1. The molecule has 0 saturated carbocycles. The van der Waals surface area contributed by atoms with E-state index in [0.717, 1.165) is 34.7 Å². The highest BCUT2D eigenvalue weighted by molar-refractivity contribution is 7.17. The van der Waals surface area contributed by atoms with Gasteiger partial charge in [-0.2, -0.15) is 0 Å². The minimum Gasteiger partial charge on any atom is -0.309 e. The van der Waals surface area contributed by atoms with Gasteiger partial charge < -0.3 is 4.98 Å². The first kappa shape index (κ1) is 16.9. The number of hydrogen-bond acceptors (Lipinski definition) is 5. The van der Waals surface area contributed by atoms with Gasteiger partial charge in [-0.25, -0.2) is 4.98 Å². The second-order valence-electron chi connectivity index (χ2n) is 6.90. The maximum absolute atomic E-state index is 12.8. The standard InChI is InChI=1S/C21H19N3OS2/c1-13-15-8-10-26-17(15)7-9-24(13)11-18-22-20(25)19-16(12-27-21(19)23-18)14-5-3-2-4-6-14/h2-6,8,10,12-13H,7,9,11H2,1H3,(H,22,23,25)/t13-/m1/s1. The Morgan fingerprint density at radius 2 is 2.07 bits per heavy atom. The van der Waals surface area contributed by atoms with E-state index in [9.17, 15) is 4.79 Å². The van der Waals surface area contributed by atoms with Gasteiger partial charge in [0.2, 0.25) is 0 Å². The SMILES string of the molecule is C[C@@H]1c2ccsc2CCN1Cc1nc2scc(-c3ccccc3)c2c(=O)[nH]1. The summed E-state index contributed by atoms with van der Waals surface area (Å²) >= 11 is 3.39. The summed E-state index contributed by atoms with van der Waals surface area (Å²) < 4.78 is 0. The first-order valence-corrected chi connectivity index (χ1v) is 10.8. The highest BCUT2D eigenvalue weighted by atomic mass is 32.1. The number of thiophene rings is 2. The van der Waals surface area contributed by atoms with Crippen LogP contribution in [0.4, 0.5) is 0 Å². The van der Waals surface area contributed by atoms with Crippen molar-refractivity contribution in [3.8, 4) is 11.1 Å². The van der Waals surface area contributed by atoms with Crippen LogP contribution in [0.25, 0.3) is 21.3 Å². The minimum atomic E-state index is -0.0454. The summed E-state index contributed by atoms with van der Waals surface area (Å²) in [6, 6.07) is 12.6. The molecule has 1 aliphatic heterocycles. The van der Waals surface area contributed by atoms with Crippen molar-refractivity contribution in [1.82, 2.24) is 14.9 Å². The molecule has 0 aliphatic carbocycles. The molecule has 0 bridgehead atoms. The molecule has 1 aliphatic rings. The van der Waals surface area contributed by atoms with Crippen LogP contribution in [0.5, 0.6) is 0 Å². The highest BCUT2D eigenvalue weighted by Gasteiger charge is 2.25. The molecule has 0 amide bonds. The zero-order valence-corrected chi connectivity index (χ0v) is 16.6. The van der Waals surface area contributed by atoms with Crippen LogP contribution in [0.2, 0.25) is 0 Å². The molecule has 6 heteroatoms. The van der Waals surface area contributed by atoms with Crippen LogP contribution in [0.3, 0.4) is 0 Å². The number of nitrogens with zero attached hydrogens (tertiary/aromatic N) is 2. The smallest absolute Gasteiger partial charge is 0.260 e. The van der Waals surface area contributed by atoms with Crippen LogP contribution in [-0.2, 0) is 13.0 Å². The predicted molar refractivity (Wildman–Crippen MR) is 113 cm³/mol. The molecule has 5 rings (SSSR count). The molecule has 1 atom stereocenters. The van der Waals surface area contributed by atoms with Crippen molar-refractivity contribution in [2.24, 2.45) is 0 Å². The molecule has 3 aromatic heterocycles. The van der Waals surface area contributed by atoms with Gasteiger partial charge in [0.05, 0.1) is 11.9 Å². The summed E-state index contributed by atoms with van der Waals surface area (Å²) in [4.78, 5) is 25.3. The lowest BCUT2D eigenvalue weighted by Crippen LogP contribution is -2.33. The molecule has 4 aromatic rings. The van der Waals surface area contributed by atoms with Gasteiger partial charge in [-0.1, -0.05) is 30.3 Å². The molecule has 0 unspecified atom stereocenters. The van der Waals surface area contributed by atoms with Crippen molar-refractivity contribution in [3.63, 3.8) is 0 Å². The fourth-order valence-corrected chi connectivity index (χ4v) is 5.80. The van der Waals surface area contributed by atoms with Crippen molar-refractivity contribution < 1.29 is 0 Å². The molecular weight excluding hydrogens is 374 g/mol. The number of benzene rings is 1. The molecule has 0 spiro atoms. The summed E-state index contributed by atoms with van der Waals surface area (Å²) in [6.45, 7) is 3.90. The summed E-state index contributed by atoms with van der Waals surface area (Å²) in [5.74, 6) is 0.750. The Labute approximate surface area is 165 Å². The lowest BCUT2D eigenvalue weighted by Gasteiger charge is -2.33. The molecule has 0 fully saturated rings. The lowest BCUT2D eigenvalue weighted by atomic mass is 10.0. The van der Waals surface area contributed by atoms with Crippen molar-refractivity contribution in [1.29, 1.82) is 0 Å². The van der Waals surface area contributed by atoms with E-state index in [1.165, 1.54) is 10.4 Å². The molecule has 1 aromatic carbocycles. The largest absolute Gasteiger partial charge is 0.309 e. The molecule has 4 nitrogen and oxygen atoms in total. The van der Waals surface area contributed by atoms with Gasteiger partial charge in [0.25, 0.3) is 5.56 Å². The first-order valence-electron chi connectivity index (χ1n) is 9.07. The minimum absolute atomic E-state index is 0.0454. The fourth-order valence-electron chi connectivity index (χ4n) is 3.87. The average molecular weight is 394 g/mol. The van der Waals surface area contributed by atoms with Gasteiger partial charge in [0.1, 0.15) is 10.7 Å². The summed E-state index contributed by atoms with van der Waals surface area (Å²) in [5, 5.41) is 4.91. The van der Waals surface area contributed by atoms with Gasteiger partial charge in [0.15, 0.2) is 0 Å². The Kier molecular flexibility index (Phi) is 4.19. The number of aromatic amines is 1. The van der Waals surface area contributed by atoms with E-state index in [-0.39, 0.29) is 5.56 Å². The molecule has 0 radical (unpaired) electrons. The van der Waals surface area contributed by atoms with Crippen molar-refractivity contribution in [3.05, 3.63) is 73.8 Å². The zero-order chi connectivity index (χ0) is 18.4. The molecule has 0 saturated heterocycles. The van der Waals surface area contributed by atoms with Gasteiger partial charge in [-0.05, 0) is 35.9 Å². The predicted octanol–water partition coefficient (Wildman–Crippen LogP) is 4.83. The fraction of sp³-hybridized carbons (Fsp3) is 0.238. The van der Waals surface area contributed by atoms with E-state index in [1.54, 1.807) is 11.3 Å². The quantitative estimate of drug-likeness (QED) is 0.542. The number of aromatic nitrogens is 2. The van der Waals surface area contributed by atoms with Gasteiger partial charge in [-0.15, -0.1) is 22.7 Å². The second kappa shape index (κ2) is 6.71. The molecule has 4 heterocycles. The van der Waals surface area contributed by atoms with Crippen LogP contribution in [0.15, 0.2) is 52.0 Å². The van der Waals surface area contributed by atoms with E-state index in [1.807, 2.05) is 47.0 Å². The van der Waals surface area contributed by atoms with E-state index >= 15 is 0 Å². The maximum Gasteiger partial charge on any atom is 0.260 e. The lowest BCUT2D eigenvalue weighted by molar-refractivity contribution is 0.186. The first-order chi connectivity index (χ1) is 13.2.